The number of carbonyl (C=O) groups is 2. The van der Waals surface area contributed by atoms with E-state index in [9.17, 15) is 9.59 Å². The molecule has 0 bridgehead atoms. The van der Waals surface area contributed by atoms with E-state index >= 15 is 0 Å². The van der Waals surface area contributed by atoms with E-state index in [0.717, 1.165) is 0 Å². The number of para-hydroxylation sites is 2. The highest BCUT2D eigenvalue weighted by Gasteiger charge is 2.18. The van der Waals surface area contributed by atoms with Gasteiger partial charge in [-0.2, -0.15) is 10.2 Å². The first kappa shape index (κ1) is 23.9. The predicted octanol–water partition coefficient (Wildman–Crippen LogP) is 3.82. The van der Waals surface area contributed by atoms with Crippen molar-refractivity contribution in [3.63, 3.8) is 0 Å². The molecule has 0 saturated carbocycles. The van der Waals surface area contributed by atoms with Gasteiger partial charge in [-0.05, 0) is 24.3 Å². The van der Waals surface area contributed by atoms with E-state index < -0.39 is 11.8 Å². The molecule has 178 valence electrons. The van der Waals surface area contributed by atoms with Crippen molar-refractivity contribution >= 4 is 34.6 Å². The molecule has 4 rings (SSSR count). The van der Waals surface area contributed by atoms with Crippen LogP contribution in [0.3, 0.4) is 0 Å². The fraction of sp³-hybridized carbons (Fsp3) is 0. The summed E-state index contributed by atoms with van der Waals surface area (Å²) in [7, 11) is 0. The molecule has 36 heavy (non-hydrogen) atoms. The summed E-state index contributed by atoms with van der Waals surface area (Å²) >= 11 is 0. The summed E-state index contributed by atoms with van der Waals surface area (Å²) < 4.78 is 0. The van der Waals surface area contributed by atoms with Gasteiger partial charge in [-0.3, -0.25) is 9.59 Å². The molecule has 4 aromatic rings. The fourth-order valence-electron chi connectivity index (χ4n) is 3.44. The SMILES string of the molecule is Nc1ccccc1C(=O)N/N=C(\C(=N/NC(=O)c1ccccc1N)c1ccccc1)c1ccccc1. The van der Waals surface area contributed by atoms with Gasteiger partial charge in [-0.15, -0.1) is 0 Å². The van der Waals surface area contributed by atoms with Crippen LogP contribution in [0.5, 0.6) is 0 Å². The highest BCUT2D eigenvalue weighted by molar-refractivity contribution is 6.53. The summed E-state index contributed by atoms with van der Waals surface area (Å²) in [6.45, 7) is 0. The Hall–Kier alpha value is -5.24. The Morgan fingerprint density at radius 2 is 0.833 bits per heavy atom. The van der Waals surface area contributed by atoms with Crippen LogP contribution in [0.4, 0.5) is 11.4 Å². The standard InChI is InChI=1S/C28H24N6O2/c29-23-17-9-7-15-21(23)27(35)33-31-25(19-11-3-1-4-12-19)26(20-13-5-2-6-14-20)32-34-28(36)22-16-8-10-18-24(22)30/h1-18H,29-30H2,(H,33,35)(H,34,36)/b31-25-,32-26-. The van der Waals surface area contributed by atoms with Crippen LogP contribution in [0.1, 0.15) is 31.8 Å². The Labute approximate surface area is 208 Å². The minimum atomic E-state index is -0.477. The molecular weight excluding hydrogens is 452 g/mol. The number of anilines is 2. The second-order valence-corrected chi connectivity index (χ2v) is 7.71. The number of rotatable bonds is 7. The van der Waals surface area contributed by atoms with Crippen LogP contribution in [0, 0.1) is 0 Å². The highest BCUT2D eigenvalue weighted by Crippen LogP contribution is 2.14. The second kappa shape index (κ2) is 11.3. The van der Waals surface area contributed by atoms with Crippen LogP contribution in [-0.2, 0) is 0 Å². The summed E-state index contributed by atoms with van der Waals surface area (Å²) in [4.78, 5) is 25.7. The van der Waals surface area contributed by atoms with Crippen molar-refractivity contribution in [2.75, 3.05) is 11.5 Å². The molecule has 6 N–H and O–H groups in total. The van der Waals surface area contributed by atoms with E-state index in [1.165, 1.54) is 0 Å². The van der Waals surface area contributed by atoms with E-state index in [4.69, 9.17) is 11.5 Å². The molecular formula is C28H24N6O2. The Morgan fingerprint density at radius 3 is 1.19 bits per heavy atom. The number of hydrazone groups is 2. The minimum absolute atomic E-state index is 0.291. The summed E-state index contributed by atoms with van der Waals surface area (Å²) in [5.74, 6) is -0.954. The second-order valence-electron chi connectivity index (χ2n) is 7.71. The molecule has 4 aromatic carbocycles. The lowest BCUT2D eigenvalue weighted by Crippen LogP contribution is -2.28. The number of amides is 2. The van der Waals surface area contributed by atoms with Crippen molar-refractivity contribution < 1.29 is 9.59 Å². The van der Waals surface area contributed by atoms with Crippen molar-refractivity contribution in [1.82, 2.24) is 10.9 Å². The quantitative estimate of drug-likeness (QED) is 0.183. The third-order valence-corrected chi connectivity index (χ3v) is 5.27. The van der Waals surface area contributed by atoms with E-state index in [0.29, 0.717) is 45.1 Å². The van der Waals surface area contributed by atoms with Crippen LogP contribution >= 0.6 is 0 Å². The third kappa shape index (κ3) is 5.63. The van der Waals surface area contributed by atoms with Gasteiger partial charge in [0.15, 0.2) is 0 Å². The molecule has 0 heterocycles. The fourth-order valence-corrected chi connectivity index (χ4v) is 3.44. The van der Waals surface area contributed by atoms with E-state index in [1.807, 2.05) is 60.7 Å². The number of hydrogen-bond donors (Lipinski definition) is 4. The molecule has 0 unspecified atom stereocenters. The van der Waals surface area contributed by atoms with E-state index in [-0.39, 0.29) is 0 Å². The van der Waals surface area contributed by atoms with Gasteiger partial charge in [0, 0.05) is 22.5 Å². The first-order valence-corrected chi connectivity index (χ1v) is 11.1. The molecule has 2 amide bonds. The molecule has 0 aliphatic carbocycles. The molecule has 0 aliphatic rings. The number of nitrogen functional groups attached to an aromatic ring is 2. The van der Waals surface area contributed by atoms with Crippen molar-refractivity contribution in [3.05, 3.63) is 131 Å². The van der Waals surface area contributed by atoms with Crippen LogP contribution < -0.4 is 22.3 Å². The normalized spacial score (nSPS) is 11.6. The topological polar surface area (TPSA) is 135 Å². The minimum Gasteiger partial charge on any atom is -0.398 e. The van der Waals surface area contributed by atoms with Gasteiger partial charge in [0.05, 0.1) is 11.1 Å². The van der Waals surface area contributed by atoms with Crippen LogP contribution in [0.25, 0.3) is 0 Å². The maximum Gasteiger partial charge on any atom is 0.273 e. The van der Waals surface area contributed by atoms with Gasteiger partial charge >= 0.3 is 0 Å². The highest BCUT2D eigenvalue weighted by atomic mass is 16.2. The maximum absolute atomic E-state index is 12.8. The van der Waals surface area contributed by atoms with Crippen molar-refractivity contribution in [1.29, 1.82) is 0 Å². The maximum atomic E-state index is 12.8. The monoisotopic (exact) mass is 476 g/mol. The zero-order chi connectivity index (χ0) is 25.3. The molecule has 8 heteroatoms. The lowest BCUT2D eigenvalue weighted by atomic mass is 10.00. The molecule has 8 nitrogen and oxygen atoms in total. The number of nitrogens with two attached hydrogens (primary N) is 2. The van der Waals surface area contributed by atoms with Gasteiger partial charge in [0.25, 0.3) is 11.8 Å². The zero-order valence-electron chi connectivity index (χ0n) is 19.3. The summed E-state index contributed by atoms with van der Waals surface area (Å²) in [5.41, 5.74) is 20.3. The summed E-state index contributed by atoms with van der Waals surface area (Å²) in [6.07, 6.45) is 0. The van der Waals surface area contributed by atoms with Crippen LogP contribution in [0.15, 0.2) is 119 Å². The summed E-state index contributed by atoms with van der Waals surface area (Å²) in [5, 5.41) is 8.82. The number of nitrogens with zero attached hydrogens (tertiary/aromatic N) is 2. The van der Waals surface area contributed by atoms with E-state index in [1.54, 1.807) is 48.5 Å². The predicted molar refractivity (Wildman–Crippen MR) is 143 cm³/mol. The van der Waals surface area contributed by atoms with Crippen molar-refractivity contribution in [3.8, 4) is 0 Å². The number of hydrogen-bond acceptors (Lipinski definition) is 6. The van der Waals surface area contributed by atoms with Gasteiger partial charge in [-0.25, -0.2) is 10.9 Å². The Morgan fingerprint density at radius 1 is 0.500 bits per heavy atom. The molecule has 0 saturated heterocycles. The third-order valence-electron chi connectivity index (χ3n) is 5.27. The van der Waals surface area contributed by atoms with Crippen LogP contribution in [0.2, 0.25) is 0 Å². The molecule has 0 radical (unpaired) electrons. The molecule has 0 aliphatic heterocycles. The Balaban J connectivity index is 1.76. The lowest BCUT2D eigenvalue weighted by molar-refractivity contribution is 0.0947. The number of benzene rings is 4. The average Bonchev–Trinajstić information content (AvgIpc) is 2.91. The molecule has 0 atom stereocenters. The average molecular weight is 477 g/mol. The zero-order valence-corrected chi connectivity index (χ0v) is 19.3. The van der Waals surface area contributed by atoms with Gasteiger partial charge in [0.1, 0.15) is 11.4 Å². The molecule has 0 spiro atoms. The van der Waals surface area contributed by atoms with Crippen LogP contribution in [-0.4, -0.2) is 23.2 Å². The smallest absolute Gasteiger partial charge is 0.273 e. The first-order chi connectivity index (χ1) is 17.5. The number of carbonyl (C=O) groups excluding carboxylic acids is 2. The van der Waals surface area contributed by atoms with E-state index in [2.05, 4.69) is 21.1 Å². The Bertz CT molecular complexity index is 1320. The molecule has 0 fully saturated rings. The molecule has 0 aromatic heterocycles. The van der Waals surface area contributed by atoms with Crippen molar-refractivity contribution in [2.24, 2.45) is 10.2 Å². The van der Waals surface area contributed by atoms with Crippen molar-refractivity contribution in [2.45, 2.75) is 0 Å². The lowest BCUT2D eigenvalue weighted by Gasteiger charge is -2.12. The van der Waals surface area contributed by atoms with Gasteiger partial charge < -0.3 is 11.5 Å². The Kier molecular flexibility index (Phi) is 7.47. The number of nitrogens with one attached hydrogen (secondary N) is 2. The first-order valence-electron chi connectivity index (χ1n) is 11.1. The summed E-state index contributed by atoms with van der Waals surface area (Å²) in [6, 6.07) is 31.8. The largest absolute Gasteiger partial charge is 0.398 e. The van der Waals surface area contributed by atoms with Gasteiger partial charge in [0.2, 0.25) is 0 Å². The van der Waals surface area contributed by atoms with Gasteiger partial charge in [-0.1, -0.05) is 84.9 Å².